The lowest BCUT2D eigenvalue weighted by Crippen LogP contribution is -2.48. The van der Waals surface area contributed by atoms with Gasteiger partial charge in [-0.2, -0.15) is 0 Å². The zero-order valence-corrected chi connectivity index (χ0v) is 13.8. The Hall–Kier alpha value is -2.56. The van der Waals surface area contributed by atoms with Crippen LogP contribution in [-0.2, 0) is 16.8 Å². The summed E-state index contributed by atoms with van der Waals surface area (Å²) in [6.45, 7) is 4.37. The van der Waals surface area contributed by atoms with Crippen molar-refractivity contribution in [1.82, 2.24) is 4.98 Å². The van der Waals surface area contributed by atoms with Crippen LogP contribution in [0.2, 0.25) is 0 Å². The van der Waals surface area contributed by atoms with Crippen molar-refractivity contribution in [3.8, 4) is 11.5 Å². The molecule has 0 spiro atoms. The van der Waals surface area contributed by atoms with E-state index >= 15 is 0 Å². The van der Waals surface area contributed by atoms with Gasteiger partial charge in [0.2, 0.25) is 5.91 Å². The molecule has 1 aromatic heterocycles. The summed E-state index contributed by atoms with van der Waals surface area (Å²) in [7, 11) is 3.19. The van der Waals surface area contributed by atoms with E-state index < -0.39 is 5.41 Å². The van der Waals surface area contributed by atoms with Crippen LogP contribution in [0.15, 0.2) is 36.7 Å². The number of amides is 1. The number of methoxy groups -OCH3 is 2. The van der Waals surface area contributed by atoms with Crippen molar-refractivity contribution < 1.29 is 14.3 Å². The molecular weight excluding hydrogens is 292 g/mol. The number of rotatable bonds is 3. The minimum absolute atomic E-state index is 0.0477. The Morgan fingerprint density at radius 2 is 1.78 bits per heavy atom. The number of aromatic nitrogens is 1. The average Bonchev–Trinajstić information content (AvgIpc) is 2.57. The van der Waals surface area contributed by atoms with Crippen molar-refractivity contribution in [1.29, 1.82) is 0 Å². The fourth-order valence-electron chi connectivity index (χ4n) is 3.01. The lowest BCUT2D eigenvalue weighted by Gasteiger charge is -2.38. The molecule has 0 aliphatic carbocycles. The highest BCUT2D eigenvalue weighted by atomic mass is 16.5. The molecule has 0 N–H and O–H groups in total. The molecule has 0 unspecified atom stereocenters. The van der Waals surface area contributed by atoms with Crippen molar-refractivity contribution in [3.63, 3.8) is 0 Å². The third-order valence-corrected chi connectivity index (χ3v) is 4.33. The first-order valence-electron chi connectivity index (χ1n) is 7.45. The summed E-state index contributed by atoms with van der Waals surface area (Å²) in [6, 6.07) is 7.41. The smallest absolute Gasteiger partial charge is 0.237 e. The van der Waals surface area contributed by atoms with Gasteiger partial charge in [0, 0.05) is 30.6 Å². The van der Waals surface area contributed by atoms with Crippen LogP contribution in [0.5, 0.6) is 11.5 Å². The van der Waals surface area contributed by atoms with Crippen molar-refractivity contribution in [2.45, 2.75) is 25.8 Å². The maximum Gasteiger partial charge on any atom is 0.237 e. The molecule has 1 aliphatic heterocycles. The van der Waals surface area contributed by atoms with Gasteiger partial charge in [0.15, 0.2) is 0 Å². The molecule has 1 aromatic carbocycles. The summed E-state index contributed by atoms with van der Waals surface area (Å²) >= 11 is 0. The second-order valence-electron chi connectivity index (χ2n) is 6.12. The number of nitrogens with zero attached hydrogens (tertiary/aromatic N) is 2. The van der Waals surface area contributed by atoms with Crippen LogP contribution in [0.3, 0.4) is 0 Å². The fourth-order valence-corrected chi connectivity index (χ4v) is 3.01. The second-order valence-corrected chi connectivity index (χ2v) is 6.12. The Balaban J connectivity index is 2.10. The predicted molar refractivity (Wildman–Crippen MR) is 88.0 cm³/mol. The first kappa shape index (κ1) is 15.3. The van der Waals surface area contributed by atoms with Gasteiger partial charge in [-0.05, 0) is 31.0 Å². The quantitative estimate of drug-likeness (QED) is 0.874. The molecule has 1 aliphatic rings. The van der Waals surface area contributed by atoms with Crippen molar-refractivity contribution in [2.75, 3.05) is 19.1 Å². The lowest BCUT2D eigenvalue weighted by molar-refractivity contribution is -0.123. The van der Waals surface area contributed by atoms with Crippen molar-refractivity contribution >= 4 is 11.6 Å². The maximum atomic E-state index is 13.0. The predicted octanol–water partition coefficient (Wildman–Crippen LogP) is 2.92. The van der Waals surface area contributed by atoms with Crippen LogP contribution in [0.4, 0.5) is 5.69 Å². The minimum atomic E-state index is -0.604. The Morgan fingerprint density at radius 3 is 2.39 bits per heavy atom. The number of benzene rings is 1. The molecule has 2 heterocycles. The topological polar surface area (TPSA) is 51.7 Å². The van der Waals surface area contributed by atoms with Gasteiger partial charge >= 0.3 is 0 Å². The maximum absolute atomic E-state index is 13.0. The number of hydrogen-bond acceptors (Lipinski definition) is 4. The molecule has 0 saturated carbocycles. The standard InChI is InChI=1S/C18H20N2O3/c1-18(2)16-5-6-19-10-12(16)11-20(17(18)21)13-7-14(22-3)9-15(8-13)23-4/h5-10H,11H2,1-4H3. The van der Waals surface area contributed by atoms with E-state index in [2.05, 4.69) is 4.98 Å². The molecule has 3 rings (SSSR count). The van der Waals surface area contributed by atoms with Crippen molar-refractivity contribution in [2.24, 2.45) is 0 Å². The summed E-state index contributed by atoms with van der Waals surface area (Å²) in [4.78, 5) is 19.0. The molecule has 23 heavy (non-hydrogen) atoms. The van der Waals surface area contributed by atoms with Crippen LogP contribution in [0.25, 0.3) is 0 Å². The van der Waals surface area contributed by atoms with E-state index in [0.717, 1.165) is 16.8 Å². The van der Waals surface area contributed by atoms with Crippen LogP contribution < -0.4 is 14.4 Å². The normalized spacial score (nSPS) is 16.0. The third kappa shape index (κ3) is 2.52. The van der Waals surface area contributed by atoms with Gasteiger partial charge in [0.1, 0.15) is 11.5 Å². The molecule has 0 fully saturated rings. The van der Waals surface area contributed by atoms with E-state index in [-0.39, 0.29) is 5.91 Å². The molecule has 2 aromatic rings. The Labute approximate surface area is 135 Å². The Bertz CT molecular complexity index is 733. The van der Waals surface area contributed by atoms with Gasteiger partial charge in [-0.25, -0.2) is 0 Å². The van der Waals surface area contributed by atoms with Gasteiger partial charge in [-0.3, -0.25) is 9.78 Å². The number of hydrogen-bond donors (Lipinski definition) is 0. The molecule has 0 bridgehead atoms. The molecule has 1 amide bonds. The van der Waals surface area contributed by atoms with Crippen LogP contribution >= 0.6 is 0 Å². The van der Waals surface area contributed by atoms with E-state index in [4.69, 9.17) is 9.47 Å². The Kier molecular flexibility index (Phi) is 3.72. The molecule has 0 saturated heterocycles. The summed E-state index contributed by atoms with van der Waals surface area (Å²) in [5.41, 5.74) is 2.24. The lowest BCUT2D eigenvalue weighted by atomic mass is 9.78. The van der Waals surface area contributed by atoms with E-state index in [0.29, 0.717) is 18.0 Å². The SMILES string of the molecule is COc1cc(OC)cc(N2Cc3cnccc3C(C)(C)C2=O)c1. The van der Waals surface area contributed by atoms with Gasteiger partial charge in [-0.15, -0.1) is 0 Å². The summed E-state index contributed by atoms with van der Waals surface area (Å²) in [5, 5.41) is 0. The fraction of sp³-hybridized carbons (Fsp3) is 0.333. The van der Waals surface area contributed by atoms with Crippen LogP contribution in [0.1, 0.15) is 25.0 Å². The van der Waals surface area contributed by atoms with Crippen LogP contribution in [-0.4, -0.2) is 25.1 Å². The molecule has 0 atom stereocenters. The number of ether oxygens (including phenoxy) is 2. The molecular formula is C18H20N2O3. The Morgan fingerprint density at radius 1 is 1.13 bits per heavy atom. The van der Waals surface area contributed by atoms with Crippen LogP contribution in [0, 0.1) is 0 Å². The summed E-state index contributed by atoms with van der Waals surface area (Å²) in [6.07, 6.45) is 3.56. The van der Waals surface area contributed by atoms with Gasteiger partial charge in [0.05, 0.1) is 31.9 Å². The highest BCUT2D eigenvalue weighted by Crippen LogP contribution is 2.38. The number of fused-ring (bicyclic) bond motifs is 1. The molecule has 0 radical (unpaired) electrons. The van der Waals surface area contributed by atoms with Crippen molar-refractivity contribution in [3.05, 3.63) is 47.8 Å². The number of carbonyl (C=O) groups is 1. The van der Waals surface area contributed by atoms with E-state index in [9.17, 15) is 4.79 Å². The minimum Gasteiger partial charge on any atom is -0.497 e. The highest BCUT2D eigenvalue weighted by Gasteiger charge is 2.40. The van der Waals surface area contributed by atoms with E-state index in [1.807, 2.05) is 38.2 Å². The number of pyridine rings is 1. The first-order chi connectivity index (χ1) is 11.0. The van der Waals surface area contributed by atoms with E-state index in [1.165, 1.54) is 0 Å². The second kappa shape index (κ2) is 5.57. The van der Waals surface area contributed by atoms with E-state index in [1.54, 1.807) is 31.4 Å². The van der Waals surface area contributed by atoms with Gasteiger partial charge in [0.25, 0.3) is 0 Å². The van der Waals surface area contributed by atoms with Gasteiger partial charge in [-0.1, -0.05) is 0 Å². The largest absolute Gasteiger partial charge is 0.497 e. The first-order valence-corrected chi connectivity index (χ1v) is 7.45. The summed E-state index contributed by atoms with van der Waals surface area (Å²) < 4.78 is 10.6. The summed E-state index contributed by atoms with van der Waals surface area (Å²) in [5.74, 6) is 1.36. The molecule has 120 valence electrons. The molecule has 5 nitrogen and oxygen atoms in total. The number of anilines is 1. The third-order valence-electron chi connectivity index (χ3n) is 4.33. The number of carbonyl (C=O) groups excluding carboxylic acids is 1. The average molecular weight is 312 g/mol. The monoisotopic (exact) mass is 312 g/mol. The highest BCUT2D eigenvalue weighted by molar-refractivity contribution is 6.02. The zero-order valence-electron chi connectivity index (χ0n) is 13.8. The zero-order chi connectivity index (χ0) is 16.6. The van der Waals surface area contributed by atoms with Gasteiger partial charge < -0.3 is 14.4 Å². The molecule has 5 heteroatoms.